The molecule has 4 nitrogen and oxygen atoms in total. The molecule has 1 N–H and O–H groups in total. The van der Waals surface area contributed by atoms with E-state index in [2.05, 4.69) is 5.32 Å². The molecular weight excluding hydrogens is 206 g/mol. The molecule has 14 heavy (non-hydrogen) atoms. The van der Waals surface area contributed by atoms with Crippen LogP contribution < -0.4 is 5.32 Å². The molecule has 1 aliphatic heterocycles. The second-order valence-corrected chi connectivity index (χ2v) is 3.09. The van der Waals surface area contributed by atoms with Crippen molar-refractivity contribution in [2.75, 3.05) is 46.6 Å². The molecule has 0 aliphatic carbocycles. The highest BCUT2D eigenvalue weighted by molar-refractivity contribution is 5.85. The maximum absolute atomic E-state index is 5.55. The minimum atomic E-state index is 0. The molecule has 0 aromatic carbocycles. The molecule has 1 saturated heterocycles. The first kappa shape index (κ1) is 14.1. The SMILES string of the molecule is COCCOCCOC1CCNC1.Cl. The summed E-state index contributed by atoms with van der Waals surface area (Å²) in [4.78, 5) is 0. The summed E-state index contributed by atoms with van der Waals surface area (Å²) in [5.74, 6) is 0. The van der Waals surface area contributed by atoms with Gasteiger partial charge in [0.1, 0.15) is 0 Å². The van der Waals surface area contributed by atoms with Crippen LogP contribution in [-0.2, 0) is 14.2 Å². The van der Waals surface area contributed by atoms with Gasteiger partial charge in [-0.15, -0.1) is 12.4 Å². The van der Waals surface area contributed by atoms with Crippen LogP contribution in [0.25, 0.3) is 0 Å². The first-order valence-corrected chi connectivity index (χ1v) is 4.82. The maximum Gasteiger partial charge on any atom is 0.0712 e. The van der Waals surface area contributed by atoms with Gasteiger partial charge in [0, 0.05) is 13.7 Å². The van der Waals surface area contributed by atoms with Gasteiger partial charge in [-0.3, -0.25) is 0 Å². The maximum atomic E-state index is 5.55. The van der Waals surface area contributed by atoms with Crippen LogP contribution in [-0.4, -0.2) is 52.7 Å². The summed E-state index contributed by atoms with van der Waals surface area (Å²) in [6.07, 6.45) is 1.52. The Morgan fingerprint density at radius 2 is 2.00 bits per heavy atom. The van der Waals surface area contributed by atoms with E-state index in [0.29, 0.717) is 32.5 Å². The Labute approximate surface area is 91.7 Å². The third-order valence-corrected chi connectivity index (χ3v) is 2.03. The molecule has 86 valence electrons. The van der Waals surface area contributed by atoms with Crippen molar-refractivity contribution in [2.24, 2.45) is 0 Å². The van der Waals surface area contributed by atoms with Crippen LogP contribution in [0.5, 0.6) is 0 Å². The van der Waals surface area contributed by atoms with Crippen LogP contribution in [0.2, 0.25) is 0 Å². The number of ether oxygens (including phenoxy) is 3. The third kappa shape index (κ3) is 6.56. The van der Waals surface area contributed by atoms with Crippen molar-refractivity contribution in [3.8, 4) is 0 Å². The zero-order valence-corrected chi connectivity index (χ0v) is 9.48. The number of hydrogen-bond acceptors (Lipinski definition) is 4. The molecule has 0 aromatic rings. The lowest BCUT2D eigenvalue weighted by Crippen LogP contribution is -2.19. The lowest BCUT2D eigenvalue weighted by Gasteiger charge is -2.10. The van der Waals surface area contributed by atoms with Gasteiger partial charge in [0.15, 0.2) is 0 Å². The Kier molecular flexibility index (Phi) is 9.77. The smallest absolute Gasteiger partial charge is 0.0712 e. The number of nitrogens with one attached hydrogen (secondary N) is 1. The highest BCUT2D eigenvalue weighted by atomic mass is 35.5. The Morgan fingerprint density at radius 1 is 1.21 bits per heavy atom. The molecule has 1 fully saturated rings. The van der Waals surface area contributed by atoms with Crippen molar-refractivity contribution in [3.63, 3.8) is 0 Å². The lowest BCUT2D eigenvalue weighted by molar-refractivity contribution is 0.000263. The molecule has 0 aromatic heterocycles. The summed E-state index contributed by atoms with van der Waals surface area (Å²) >= 11 is 0. The average molecular weight is 226 g/mol. The van der Waals surface area contributed by atoms with E-state index in [4.69, 9.17) is 14.2 Å². The van der Waals surface area contributed by atoms with Gasteiger partial charge >= 0.3 is 0 Å². The Morgan fingerprint density at radius 3 is 2.64 bits per heavy atom. The topological polar surface area (TPSA) is 39.7 Å². The number of rotatable bonds is 7. The Bertz CT molecular complexity index is 121. The minimum Gasteiger partial charge on any atom is -0.382 e. The van der Waals surface area contributed by atoms with E-state index in [-0.39, 0.29) is 12.4 Å². The van der Waals surface area contributed by atoms with Crippen LogP contribution in [0.15, 0.2) is 0 Å². The molecule has 0 saturated carbocycles. The van der Waals surface area contributed by atoms with Crippen molar-refractivity contribution < 1.29 is 14.2 Å². The number of hydrogen-bond donors (Lipinski definition) is 1. The molecule has 0 bridgehead atoms. The van der Waals surface area contributed by atoms with E-state index in [1.807, 2.05) is 0 Å². The molecule has 1 heterocycles. The van der Waals surface area contributed by atoms with Gasteiger partial charge < -0.3 is 19.5 Å². The fourth-order valence-corrected chi connectivity index (χ4v) is 1.29. The Hall–Kier alpha value is 0.130. The summed E-state index contributed by atoms with van der Waals surface area (Å²) < 4.78 is 15.7. The Balaban J connectivity index is 0.00000169. The van der Waals surface area contributed by atoms with E-state index < -0.39 is 0 Å². The summed E-state index contributed by atoms with van der Waals surface area (Å²) in [5, 5.41) is 3.25. The largest absolute Gasteiger partial charge is 0.382 e. The first-order valence-electron chi connectivity index (χ1n) is 4.82. The third-order valence-electron chi connectivity index (χ3n) is 2.03. The first-order chi connectivity index (χ1) is 6.43. The fraction of sp³-hybridized carbons (Fsp3) is 1.00. The lowest BCUT2D eigenvalue weighted by atomic mass is 10.3. The quantitative estimate of drug-likeness (QED) is 0.639. The summed E-state index contributed by atoms with van der Waals surface area (Å²) in [5.41, 5.74) is 0. The van der Waals surface area contributed by atoms with Gasteiger partial charge in [-0.05, 0) is 13.0 Å². The van der Waals surface area contributed by atoms with Gasteiger partial charge in [-0.2, -0.15) is 0 Å². The second kappa shape index (κ2) is 9.68. The van der Waals surface area contributed by atoms with E-state index in [9.17, 15) is 0 Å². The van der Waals surface area contributed by atoms with Crippen LogP contribution in [0.1, 0.15) is 6.42 Å². The van der Waals surface area contributed by atoms with Crippen molar-refractivity contribution >= 4 is 12.4 Å². The molecule has 1 atom stereocenters. The van der Waals surface area contributed by atoms with E-state index in [0.717, 1.165) is 19.5 Å². The molecule has 0 radical (unpaired) electrons. The summed E-state index contributed by atoms with van der Waals surface area (Å²) in [7, 11) is 1.67. The van der Waals surface area contributed by atoms with Gasteiger partial charge in [-0.25, -0.2) is 0 Å². The number of halogens is 1. The standard InChI is InChI=1S/C9H19NO3.ClH/c1-11-4-5-12-6-7-13-9-2-3-10-8-9;/h9-10H,2-8H2,1H3;1H. The predicted octanol–water partition coefficient (Wildman–Crippen LogP) is 0.450. The highest BCUT2D eigenvalue weighted by Gasteiger charge is 2.13. The van der Waals surface area contributed by atoms with Crippen LogP contribution >= 0.6 is 12.4 Å². The van der Waals surface area contributed by atoms with Gasteiger partial charge in [0.05, 0.1) is 32.5 Å². The second-order valence-electron chi connectivity index (χ2n) is 3.09. The highest BCUT2D eigenvalue weighted by Crippen LogP contribution is 2.01. The van der Waals surface area contributed by atoms with Gasteiger partial charge in [-0.1, -0.05) is 0 Å². The zero-order chi connectivity index (χ0) is 9.36. The molecule has 1 aliphatic rings. The van der Waals surface area contributed by atoms with Crippen LogP contribution in [0, 0.1) is 0 Å². The van der Waals surface area contributed by atoms with Gasteiger partial charge in [0.25, 0.3) is 0 Å². The monoisotopic (exact) mass is 225 g/mol. The number of methoxy groups -OCH3 is 1. The van der Waals surface area contributed by atoms with Crippen LogP contribution in [0.4, 0.5) is 0 Å². The normalized spacial score (nSPS) is 20.8. The van der Waals surface area contributed by atoms with Gasteiger partial charge in [0.2, 0.25) is 0 Å². The summed E-state index contributed by atoms with van der Waals surface area (Å²) in [6, 6.07) is 0. The van der Waals surface area contributed by atoms with Crippen molar-refractivity contribution in [1.82, 2.24) is 5.32 Å². The molecular formula is C9H20ClNO3. The van der Waals surface area contributed by atoms with Crippen molar-refractivity contribution in [3.05, 3.63) is 0 Å². The molecule has 0 amide bonds. The average Bonchev–Trinajstić information content (AvgIpc) is 2.63. The molecule has 1 rings (SSSR count). The fourth-order valence-electron chi connectivity index (χ4n) is 1.29. The van der Waals surface area contributed by atoms with Crippen molar-refractivity contribution in [1.29, 1.82) is 0 Å². The van der Waals surface area contributed by atoms with Crippen LogP contribution in [0.3, 0.4) is 0 Å². The molecule has 5 heteroatoms. The molecule has 1 unspecified atom stereocenters. The predicted molar refractivity (Wildman–Crippen MR) is 57.2 cm³/mol. The van der Waals surface area contributed by atoms with E-state index in [1.54, 1.807) is 7.11 Å². The molecule has 0 spiro atoms. The summed E-state index contributed by atoms with van der Waals surface area (Å²) in [6.45, 7) is 4.73. The van der Waals surface area contributed by atoms with Crippen molar-refractivity contribution in [2.45, 2.75) is 12.5 Å². The van der Waals surface area contributed by atoms with E-state index in [1.165, 1.54) is 0 Å². The zero-order valence-electron chi connectivity index (χ0n) is 8.66. The van der Waals surface area contributed by atoms with E-state index >= 15 is 0 Å². The minimum absolute atomic E-state index is 0.